The van der Waals surface area contributed by atoms with Crippen molar-refractivity contribution in [2.75, 3.05) is 27.7 Å². The topological polar surface area (TPSA) is 42.4 Å². The SMILES string of the molecule is C=C/C(Cl)=C\C(=C/N(C)C)N1C/C(=C/NC)C(=N)C1=C. The second-order valence-corrected chi connectivity index (χ2v) is 5.05. The van der Waals surface area contributed by atoms with Crippen molar-refractivity contribution >= 4 is 17.3 Å². The Balaban J connectivity index is 3.17. The molecule has 1 heterocycles. The Morgan fingerprint density at radius 2 is 2.15 bits per heavy atom. The Hall–Kier alpha value is -1.94. The van der Waals surface area contributed by atoms with Crippen molar-refractivity contribution in [2.45, 2.75) is 0 Å². The second-order valence-electron chi connectivity index (χ2n) is 4.62. The molecule has 2 N–H and O–H groups in total. The van der Waals surface area contributed by atoms with Crippen LogP contribution in [0.25, 0.3) is 0 Å². The van der Waals surface area contributed by atoms with Gasteiger partial charge in [0.1, 0.15) is 0 Å². The van der Waals surface area contributed by atoms with Crippen molar-refractivity contribution in [3.63, 3.8) is 0 Å². The van der Waals surface area contributed by atoms with E-state index in [0.29, 0.717) is 23.0 Å². The summed E-state index contributed by atoms with van der Waals surface area (Å²) in [4.78, 5) is 3.88. The van der Waals surface area contributed by atoms with E-state index in [-0.39, 0.29) is 0 Å². The summed E-state index contributed by atoms with van der Waals surface area (Å²) in [6, 6.07) is 0. The van der Waals surface area contributed by atoms with Crippen molar-refractivity contribution in [3.8, 4) is 0 Å². The fraction of sp³-hybridized carbons (Fsp3) is 0.267. The summed E-state index contributed by atoms with van der Waals surface area (Å²) in [5, 5.41) is 11.6. The van der Waals surface area contributed by atoms with Crippen LogP contribution in [-0.2, 0) is 0 Å². The fourth-order valence-corrected chi connectivity index (χ4v) is 1.97. The molecule has 0 bridgehead atoms. The molecule has 0 radical (unpaired) electrons. The maximum atomic E-state index is 8.08. The summed E-state index contributed by atoms with van der Waals surface area (Å²) in [5.41, 5.74) is 2.86. The third-order valence-corrected chi connectivity index (χ3v) is 3.03. The van der Waals surface area contributed by atoms with Crippen molar-refractivity contribution in [3.05, 3.63) is 59.7 Å². The quantitative estimate of drug-likeness (QED) is 0.766. The average molecular weight is 293 g/mol. The van der Waals surface area contributed by atoms with Crippen molar-refractivity contribution in [1.29, 1.82) is 5.41 Å². The lowest BCUT2D eigenvalue weighted by atomic mass is 10.2. The summed E-state index contributed by atoms with van der Waals surface area (Å²) in [7, 11) is 5.69. The van der Waals surface area contributed by atoms with E-state index in [1.165, 1.54) is 0 Å². The third-order valence-electron chi connectivity index (χ3n) is 2.77. The minimum atomic E-state index is 0.437. The molecule has 0 saturated carbocycles. The molecule has 0 spiro atoms. The smallest absolute Gasteiger partial charge is 0.0835 e. The van der Waals surface area contributed by atoms with Crippen LogP contribution in [-0.4, -0.2) is 43.2 Å². The first-order valence-electron chi connectivity index (χ1n) is 6.20. The molecule has 20 heavy (non-hydrogen) atoms. The minimum Gasteiger partial charge on any atom is -0.394 e. The molecule has 1 rings (SSSR count). The number of nitrogens with one attached hydrogen (secondary N) is 2. The van der Waals surface area contributed by atoms with E-state index < -0.39 is 0 Å². The highest BCUT2D eigenvalue weighted by Gasteiger charge is 2.27. The first-order valence-corrected chi connectivity index (χ1v) is 6.58. The van der Waals surface area contributed by atoms with Gasteiger partial charge in [0.2, 0.25) is 0 Å². The molecule has 0 atom stereocenters. The van der Waals surface area contributed by atoms with E-state index in [1.807, 2.05) is 49.4 Å². The zero-order valence-electron chi connectivity index (χ0n) is 12.2. The molecule has 108 valence electrons. The van der Waals surface area contributed by atoms with Crippen LogP contribution in [0.15, 0.2) is 59.7 Å². The number of hydrogen-bond donors (Lipinski definition) is 2. The van der Waals surface area contributed by atoms with E-state index in [9.17, 15) is 0 Å². The van der Waals surface area contributed by atoms with Crippen LogP contribution in [0.3, 0.4) is 0 Å². The first-order chi connectivity index (χ1) is 9.40. The van der Waals surface area contributed by atoms with Crippen LogP contribution in [0.2, 0.25) is 0 Å². The second kappa shape index (κ2) is 7.01. The molecule has 0 aliphatic carbocycles. The van der Waals surface area contributed by atoms with E-state index in [1.54, 1.807) is 6.08 Å². The van der Waals surface area contributed by atoms with Gasteiger partial charge in [0.25, 0.3) is 0 Å². The summed E-state index contributed by atoms with van der Waals surface area (Å²) in [6.07, 6.45) is 7.15. The number of likely N-dealkylation sites (tertiary alicyclic amines) is 1. The Bertz CT molecular complexity index is 512. The van der Waals surface area contributed by atoms with Gasteiger partial charge in [-0.1, -0.05) is 30.8 Å². The lowest BCUT2D eigenvalue weighted by molar-refractivity contribution is 0.487. The Morgan fingerprint density at radius 1 is 1.50 bits per heavy atom. The molecule has 0 aromatic carbocycles. The Labute approximate surface area is 125 Å². The molecule has 0 unspecified atom stereocenters. The van der Waals surface area contributed by atoms with Crippen LogP contribution >= 0.6 is 11.6 Å². The number of nitrogens with zero attached hydrogens (tertiary/aromatic N) is 2. The van der Waals surface area contributed by atoms with E-state index in [4.69, 9.17) is 17.0 Å². The van der Waals surface area contributed by atoms with Gasteiger partial charge in [0.15, 0.2) is 0 Å². The van der Waals surface area contributed by atoms with Crippen molar-refractivity contribution < 1.29 is 0 Å². The zero-order chi connectivity index (χ0) is 15.3. The molecule has 1 aliphatic rings. The average Bonchev–Trinajstić information content (AvgIpc) is 2.66. The summed E-state index contributed by atoms with van der Waals surface area (Å²) < 4.78 is 0. The van der Waals surface area contributed by atoms with Crippen LogP contribution < -0.4 is 5.32 Å². The van der Waals surface area contributed by atoms with E-state index >= 15 is 0 Å². The van der Waals surface area contributed by atoms with Gasteiger partial charge in [-0.3, -0.25) is 5.41 Å². The van der Waals surface area contributed by atoms with Crippen LogP contribution in [0.4, 0.5) is 0 Å². The molecule has 0 aromatic heterocycles. The maximum absolute atomic E-state index is 8.08. The Morgan fingerprint density at radius 3 is 2.65 bits per heavy atom. The van der Waals surface area contributed by atoms with Gasteiger partial charge in [0.05, 0.1) is 23.7 Å². The monoisotopic (exact) mass is 292 g/mol. The van der Waals surface area contributed by atoms with Crippen molar-refractivity contribution in [1.82, 2.24) is 15.1 Å². The standard InChI is InChI=1S/C15H21ClN4/c1-6-13(16)7-14(10-19(4)5)20-9-12(8-18-3)15(17)11(20)2/h6-8,10,17-18H,1-2,9H2,3-5H3/b12-8-,13-7+,14-10+,17-15?. The molecule has 0 aromatic rings. The number of allylic oxidation sites excluding steroid dienone is 4. The normalized spacial score (nSPS) is 18.8. The Kier molecular flexibility index (Phi) is 5.65. The van der Waals surface area contributed by atoms with Gasteiger partial charge >= 0.3 is 0 Å². The van der Waals surface area contributed by atoms with Crippen LogP contribution in [0.1, 0.15) is 0 Å². The molecular weight excluding hydrogens is 272 g/mol. The summed E-state index contributed by atoms with van der Waals surface area (Å²) in [6.45, 7) is 8.23. The van der Waals surface area contributed by atoms with Gasteiger partial charge in [-0.05, 0) is 6.08 Å². The van der Waals surface area contributed by atoms with Crippen LogP contribution in [0, 0.1) is 5.41 Å². The largest absolute Gasteiger partial charge is 0.394 e. The third kappa shape index (κ3) is 3.78. The number of halogens is 1. The van der Waals surface area contributed by atoms with Crippen molar-refractivity contribution in [2.24, 2.45) is 0 Å². The number of rotatable bonds is 5. The van der Waals surface area contributed by atoms with E-state index in [2.05, 4.69) is 18.5 Å². The fourth-order valence-electron chi connectivity index (χ4n) is 1.85. The molecule has 4 nitrogen and oxygen atoms in total. The molecule has 5 heteroatoms. The highest BCUT2D eigenvalue weighted by atomic mass is 35.5. The molecule has 0 amide bonds. The summed E-state index contributed by atoms with van der Waals surface area (Å²) in [5.74, 6) is 0. The minimum absolute atomic E-state index is 0.437. The maximum Gasteiger partial charge on any atom is 0.0835 e. The lowest BCUT2D eigenvalue weighted by Gasteiger charge is -2.21. The molecule has 1 saturated heterocycles. The van der Waals surface area contributed by atoms with Gasteiger partial charge in [-0.25, -0.2) is 0 Å². The van der Waals surface area contributed by atoms with Gasteiger partial charge in [-0.15, -0.1) is 0 Å². The highest BCUT2D eigenvalue weighted by Crippen LogP contribution is 2.27. The van der Waals surface area contributed by atoms with Gasteiger partial charge in [-0.2, -0.15) is 0 Å². The predicted molar refractivity (Wildman–Crippen MR) is 86.6 cm³/mol. The van der Waals surface area contributed by atoms with Crippen LogP contribution in [0.5, 0.6) is 0 Å². The van der Waals surface area contributed by atoms with E-state index in [0.717, 1.165) is 11.3 Å². The molecular formula is C15H21ClN4. The molecule has 1 aliphatic heterocycles. The zero-order valence-corrected chi connectivity index (χ0v) is 13.0. The van der Waals surface area contributed by atoms with Gasteiger partial charge in [0, 0.05) is 44.1 Å². The number of hydrogen-bond acceptors (Lipinski definition) is 4. The summed E-state index contributed by atoms with van der Waals surface area (Å²) >= 11 is 6.05. The first kappa shape index (κ1) is 16.1. The lowest BCUT2D eigenvalue weighted by Crippen LogP contribution is -2.19. The predicted octanol–water partition coefficient (Wildman–Crippen LogP) is 2.65. The molecule has 1 fully saturated rings. The van der Waals surface area contributed by atoms with Gasteiger partial charge < -0.3 is 15.1 Å². The highest BCUT2D eigenvalue weighted by molar-refractivity contribution is 6.31.